The first-order valence-corrected chi connectivity index (χ1v) is 4.92. The summed E-state index contributed by atoms with van der Waals surface area (Å²) in [6.45, 7) is 4.99. The topological polar surface area (TPSA) is 35.5 Å². The van der Waals surface area contributed by atoms with Gasteiger partial charge >= 0.3 is 5.97 Å². The Morgan fingerprint density at radius 3 is 2.69 bits per heavy atom. The predicted molar refractivity (Wildman–Crippen MR) is 62.3 cm³/mol. The van der Waals surface area contributed by atoms with E-state index < -0.39 is 12.3 Å². The average molecular weight is 218 g/mol. The van der Waals surface area contributed by atoms with Crippen LogP contribution in [0.3, 0.4) is 0 Å². The highest BCUT2D eigenvalue weighted by atomic mass is 16.7. The Morgan fingerprint density at radius 2 is 2.06 bits per heavy atom. The Morgan fingerprint density at radius 1 is 1.38 bits per heavy atom. The molecule has 0 aliphatic rings. The summed E-state index contributed by atoms with van der Waals surface area (Å²) in [5.74, 6) is -0.446. The summed E-state index contributed by atoms with van der Waals surface area (Å²) in [6.07, 6.45) is 3.66. The molecule has 0 radical (unpaired) electrons. The van der Waals surface area contributed by atoms with Gasteiger partial charge in [-0.2, -0.15) is 0 Å². The van der Waals surface area contributed by atoms with E-state index in [4.69, 9.17) is 9.47 Å². The Balaban J connectivity index is 2.45. The van der Waals surface area contributed by atoms with Crippen LogP contribution in [0.5, 0.6) is 0 Å². The zero-order valence-corrected chi connectivity index (χ0v) is 9.13. The van der Waals surface area contributed by atoms with Gasteiger partial charge < -0.3 is 9.47 Å². The number of benzene rings is 1. The van der Waals surface area contributed by atoms with Crippen molar-refractivity contribution < 1.29 is 14.3 Å². The fourth-order valence-electron chi connectivity index (χ4n) is 1.09. The number of rotatable bonds is 5. The summed E-state index contributed by atoms with van der Waals surface area (Å²) in [5, 5.41) is 0. The number of hydrogen-bond acceptors (Lipinski definition) is 3. The van der Waals surface area contributed by atoms with Gasteiger partial charge in [0, 0.05) is 13.0 Å². The van der Waals surface area contributed by atoms with Gasteiger partial charge in [-0.25, -0.2) is 4.79 Å². The SMILES string of the molecule is C=COC(C)OC(=O)C=Cc1ccccc1. The van der Waals surface area contributed by atoms with Crippen LogP contribution in [0.15, 0.2) is 49.2 Å². The van der Waals surface area contributed by atoms with Crippen LogP contribution in [0.4, 0.5) is 0 Å². The van der Waals surface area contributed by atoms with E-state index in [1.54, 1.807) is 13.0 Å². The van der Waals surface area contributed by atoms with Crippen molar-refractivity contribution in [2.75, 3.05) is 0 Å². The molecule has 84 valence electrons. The van der Waals surface area contributed by atoms with Crippen molar-refractivity contribution in [3.63, 3.8) is 0 Å². The summed E-state index contributed by atoms with van der Waals surface area (Å²) >= 11 is 0. The quantitative estimate of drug-likeness (QED) is 0.330. The zero-order valence-electron chi connectivity index (χ0n) is 9.13. The highest BCUT2D eigenvalue weighted by Gasteiger charge is 2.04. The number of hydrogen-bond donors (Lipinski definition) is 0. The van der Waals surface area contributed by atoms with E-state index in [-0.39, 0.29) is 0 Å². The fraction of sp³-hybridized carbons (Fsp3) is 0.154. The maximum absolute atomic E-state index is 11.3. The lowest BCUT2D eigenvalue weighted by Crippen LogP contribution is -2.13. The third kappa shape index (κ3) is 4.46. The molecule has 0 amide bonds. The molecule has 0 aliphatic heterocycles. The van der Waals surface area contributed by atoms with Crippen LogP contribution in [-0.4, -0.2) is 12.3 Å². The fourth-order valence-corrected chi connectivity index (χ4v) is 1.09. The molecule has 0 aliphatic carbocycles. The minimum atomic E-state index is -0.620. The first kappa shape index (κ1) is 12.0. The van der Waals surface area contributed by atoms with Gasteiger partial charge in [0.1, 0.15) is 0 Å². The molecule has 0 bridgehead atoms. The minimum Gasteiger partial charge on any atom is -0.463 e. The molecule has 0 aromatic heterocycles. The third-order valence-electron chi connectivity index (χ3n) is 1.78. The average Bonchev–Trinajstić information content (AvgIpc) is 2.28. The monoisotopic (exact) mass is 218 g/mol. The summed E-state index contributed by atoms with van der Waals surface area (Å²) in [6, 6.07) is 9.50. The molecule has 0 fully saturated rings. The summed E-state index contributed by atoms with van der Waals surface area (Å²) in [7, 11) is 0. The van der Waals surface area contributed by atoms with Crippen LogP contribution in [-0.2, 0) is 14.3 Å². The van der Waals surface area contributed by atoms with Gasteiger partial charge in [-0.15, -0.1) is 0 Å². The summed E-state index contributed by atoms with van der Waals surface area (Å²) < 4.78 is 9.74. The van der Waals surface area contributed by atoms with Crippen molar-refractivity contribution in [3.8, 4) is 0 Å². The lowest BCUT2D eigenvalue weighted by molar-refractivity contribution is -0.159. The first-order valence-electron chi connectivity index (χ1n) is 4.92. The molecule has 1 rings (SSSR count). The van der Waals surface area contributed by atoms with Crippen molar-refractivity contribution in [2.45, 2.75) is 13.2 Å². The van der Waals surface area contributed by atoms with Gasteiger partial charge in [-0.05, 0) is 11.6 Å². The van der Waals surface area contributed by atoms with E-state index in [9.17, 15) is 4.79 Å². The van der Waals surface area contributed by atoms with Gasteiger partial charge in [-0.3, -0.25) is 0 Å². The molecule has 0 N–H and O–H groups in total. The molecule has 16 heavy (non-hydrogen) atoms. The van der Waals surface area contributed by atoms with Crippen LogP contribution in [0.25, 0.3) is 6.08 Å². The Bertz CT molecular complexity index is 368. The van der Waals surface area contributed by atoms with Gasteiger partial charge in [0.05, 0.1) is 6.26 Å². The van der Waals surface area contributed by atoms with Crippen molar-refractivity contribution >= 4 is 12.0 Å². The molecule has 3 nitrogen and oxygen atoms in total. The molecule has 0 spiro atoms. The molecule has 0 heterocycles. The molecule has 1 aromatic carbocycles. The van der Waals surface area contributed by atoms with Gasteiger partial charge in [0.2, 0.25) is 6.29 Å². The van der Waals surface area contributed by atoms with E-state index in [0.29, 0.717) is 0 Å². The third-order valence-corrected chi connectivity index (χ3v) is 1.78. The standard InChI is InChI=1S/C13H14O3/c1-3-15-11(2)16-13(14)10-9-12-7-5-4-6-8-12/h3-11H,1H2,2H3. The second-order valence-corrected chi connectivity index (χ2v) is 3.05. The van der Waals surface area contributed by atoms with Gasteiger partial charge in [0.25, 0.3) is 0 Å². The summed E-state index contributed by atoms with van der Waals surface area (Å²) in [4.78, 5) is 11.3. The lowest BCUT2D eigenvalue weighted by Gasteiger charge is -2.09. The molecule has 0 saturated carbocycles. The molecular weight excluding hydrogens is 204 g/mol. The first-order chi connectivity index (χ1) is 7.72. The Hall–Kier alpha value is -2.03. The highest BCUT2D eigenvalue weighted by molar-refractivity contribution is 5.87. The van der Waals surface area contributed by atoms with Crippen LogP contribution in [0, 0.1) is 0 Å². The minimum absolute atomic E-state index is 0.446. The number of ether oxygens (including phenoxy) is 2. The molecular formula is C13H14O3. The van der Waals surface area contributed by atoms with Crippen molar-refractivity contribution in [1.82, 2.24) is 0 Å². The molecule has 1 unspecified atom stereocenters. The van der Waals surface area contributed by atoms with Crippen molar-refractivity contribution in [1.29, 1.82) is 0 Å². The molecule has 1 atom stereocenters. The predicted octanol–water partition coefficient (Wildman–Crippen LogP) is 2.75. The Labute approximate surface area is 95.0 Å². The van der Waals surface area contributed by atoms with Crippen molar-refractivity contribution in [2.24, 2.45) is 0 Å². The van der Waals surface area contributed by atoms with Crippen LogP contribution in [0.1, 0.15) is 12.5 Å². The van der Waals surface area contributed by atoms with Crippen molar-refractivity contribution in [3.05, 3.63) is 54.8 Å². The number of carbonyl (C=O) groups excluding carboxylic acids is 1. The zero-order chi connectivity index (χ0) is 11.8. The number of esters is 1. The van der Waals surface area contributed by atoms with E-state index in [2.05, 4.69) is 6.58 Å². The smallest absolute Gasteiger partial charge is 0.333 e. The lowest BCUT2D eigenvalue weighted by atomic mass is 10.2. The maximum atomic E-state index is 11.3. The normalized spacial score (nSPS) is 12.1. The largest absolute Gasteiger partial charge is 0.463 e. The molecule has 1 aromatic rings. The second-order valence-electron chi connectivity index (χ2n) is 3.05. The van der Waals surface area contributed by atoms with E-state index in [1.165, 1.54) is 12.3 Å². The number of carbonyl (C=O) groups is 1. The van der Waals surface area contributed by atoms with Crippen LogP contribution in [0.2, 0.25) is 0 Å². The van der Waals surface area contributed by atoms with E-state index in [1.807, 2.05) is 30.3 Å². The van der Waals surface area contributed by atoms with Gasteiger partial charge in [-0.1, -0.05) is 36.9 Å². The van der Waals surface area contributed by atoms with Crippen LogP contribution < -0.4 is 0 Å². The van der Waals surface area contributed by atoms with Crippen LogP contribution >= 0.6 is 0 Å². The Kier molecular flexibility index (Phi) is 4.86. The summed E-state index contributed by atoms with van der Waals surface area (Å²) in [5.41, 5.74) is 0.941. The van der Waals surface area contributed by atoms with E-state index >= 15 is 0 Å². The highest BCUT2D eigenvalue weighted by Crippen LogP contribution is 2.02. The second kappa shape index (κ2) is 6.45. The maximum Gasteiger partial charge on any atom is 0.333 e. The molecule has 0 saturated heterocycles. The molecule has 3 heteroatoms. The van der Waals surface area contributed by atoms with E-state index in [0.717, 1.165) is 5.56 Å². The van der Waals surface area contributed by atoms with Gasteiger partial charge in [0.15, 0.2) is 0 Å².